The number of nitrogens with zero attached hydrogens (tertiary/aromatic N) is 2. The maximum absolute atomic E-state index is 5.97. The third-order valence-corrected chi connectivity index (χ3v) is 3.97. The lowest BCUT2D eigenvalue weighted by Crippen LogP contribution is -2.07. The lowest BCUT2D eigenvalue weighted by atomic mass is 10.1. The second-order valence-corrected chi connectivity index (χ2v) is 6.47. The van der Waals surface area contributed by atoms with Crippen molar-refractivity contribution in [1.82, 2.24) is 9.97 Å². The molecular weight excluding hydrogens is 306 g/mol. The highest BCUT2D eigenvalue weighted by atomic mass is 35.5. The topological polar surface area (TPSA) is 37.8 Å². The molecule has 1 N–H and O–H groups in total. The number of aromatic nitrogens is 2. The Bertz CT molecular complexity index is 797. The van der Waals surface area contributed by atoms with Crippen molar-refractivity contribution in [2.45, 2.75) is 20.3 Å². The molecule has 3 nitrogen and oxygen atoms in total. The highest BCUT2D eigenvalue weighted by molar-refractivity contribution is 6.30. The number of nitrogens with one attached hydrogen (secondary N) is 1. The number of anilines is 1. The van der Waals surface area contributed by atoms with Crippen molar-refractivity contribution in [2.24, 2.45) is 5.92 Å². The van der Waals surface area contributed by atoms with Gasteiger partial charge in [-0.1, -0.05) is 37.6 Å². The molecule has 1 heterocycles. The van der Waals surface area contributed by atoms with Gasteiger partial charge in [-0.15, -0.1) is 0 Å². The molecule has 3 rings (SSSR count). The van der Waals surface area contributed by atoms with Gasteiger partial charge in [-0.2, -0.15) is 0 Å². The summed E-state index contributed by atoms with van der Waals surface area (Å²) in [6.07, 6.45) is 1.11. The molecule has 2 aromatic carbocycles. The van der Waals surface area contributed by atoms with Crippen LogP contribution >= 0.6 is 11.6 Å². The van der Waals surface area contributed by atoms with E-state index in [2.05, 4.69) is 30.2 Å². The Morgan fingerprint density at radius 2 is 1.74 bits per heavy atom. The van der Waals surface area contributed by atoms with Crippen LogP contribution in [-0.4, -0.2) is 16.5 Å². The molecule has 0 aliphatic heterocycles. The van der Waals surface area contributed by atoms with Crippen LogP contribution in [0.2, 0.25) is 5.02 Å². The van der Waals surface area contributed by atoms with Crippen LogP contribution in [0.1, 0.15) is 20.3 Å². The van der Waals surface area contributed by atoms with E-state index in [1.54, 1.807) is 0 Å². The Morgan fingerprint density at radius 3 is 2.48 bits per heavy atom. The SMILES string of the molecule is CC(C)CCNc1nc(-c2ccc(Cl)cc2)nc2ccccc12. The fourth-order valence-corrected chi connectivity index (χ4v) is 2.54. The van der Waals surface area contributed by atoms with Crippen LogP contribution in [0.15, 0.2) is 48.5 Å². The summed E-state index contributed by atoms with van der Waals surface area (Å²) in [5.74, 6) is 2.26. The molecule has 0 saturated carbocycles. The van der Waals surface area contributed by atoms with Crippen molar-refractivity contribution < 1.29 is 0 Å². The monoisotopic (exact) mass is 325 g/mol. The molecule has 23 heavy (non-hydrogen) atoms. The van der Waals surface area contributed by atoms with Gasteiger partial charge in [0.05, 0.1) is 5.52 Å². The van der Waals surface area contributed by atoms with Crippen LogP contribution in [0.4, 0.5) is 5.82 Å². The van der Waals surface area contributed by atoms with E-state index in [0.29, 0.717) is 16.8 Å². The number of halogens is 1. The molecule has 0 amide bonds. The quantitative estimate of drug-likeness (QED) is 0.681. The van der Waals surface area contributed by atoms with Gasteiger partial charge >= 0.3 is 0 Å². The summed E-state index contributed by atoms with van der Waals surface area (Å²) >= 11 is 5.97. The van der Waals surface area contributed by atoms with E-state index in [-0.39, 0.29) is 0 Å². The van der Waals surface area contributed by atoms with E-state index in [4.69, 9.17) is 16.6 Å². The van der Waals surface area contributed by atoms with E-state index in [0.717, 1.165) is 35.2 Å². The van der Waals surface area contributed by atoms with Gasteiger partial charge in [0.15, 0.2) is 5.82 Å². The number of hydrogen-bond acceptors (Lipinski definition) is 3. The van der Waals surface area contributed by atoms with Crippen molar-refractivity contribution >= 4 is 28.3 Å². The number of benzene rings is 2. The summed E-state index contributed by atoms with van der Waals surface area (Å²) in [4.78, 5) is 9.42. The zero-order valence-corrected chi connectivity index (χ0v) is 14.1. The first kappa shape index (κ1) is 15.8. The lowest BCUT2D eigenvalue weighted by molar-refractivity contribution is 0.607. The molecule has 0 radical (unpaired) electrons. The first-order chi connectivity index (χ1) is 11.1. The molecule has 0 bridgehead atoms. The zero-order chi connectivity index (χ0) is 16.2. The molecule has 0 atom stereocenters. The number of rotatable bonds is 5. The Kier molecular flexibility index (Phi) is 4.77. The van der Waals surface area contributed by atoms with Crippen LogP contribution in [0, 0.1) is 5.92 Å². The molecule has 0 saturated heterocycles. The number of fused-ring (bicyclic) bond motifs is 1. The third-order valence-electron chi connectivity index (χ3n) is 3.72. The number of para-hydroxylation sites is 1. The Hall–Kier alpha value is -2.13. The molecule has 4 heteroatoms. The fraction of sp³-hybridized carbons (Fsp3) is 0.263. The van der Waals surface area contributed by atoms with Gasteiger partial charge < -0.3 is 5.32 Å². The summed E-state index contributed by atoms with van der Waals surface area (Å²) < 4.78 is 0. The zero-order valence-electron chi connectivity index (χ0n) is 13.4. The van der Waals surface area contributed by atoms with Crippen molar-refractivity contribution in [3.63, 3.8) is 0 Å². The minimum absolute atomic E-state index is 0.659. The molecule has 1 aromatic heterocycles. The second kappa shape index (κ2) is 6.97. The molecule has 0 aliphatic carbocycles. The Balaban J connectivity index is 2.00. The maximum atomic E-state index is 5.97. The summed E-state index contributed by atoms with van der Waals surface area (Å²) in [5, 5.41) is 5.23. The van der Waals surface area contributed by atoms with Crippen LogP contribution in [-0.2, 0) is 0 Å². The van der Waals surface area contributed by atoms with Gasteiger partial charge in [-0.3, -0.25) is 0 Å². The average molecular weight is 326 g/mol. The van der Waals surface area contributed by atoms with Crippen molar-refractivity contribution in [2.75, 3.05) is 11.9 Å². The van der Waals surface area contributed by atoms with Crippen LogP contribution in [0.3, 0.4) is 0 Å². The van der Waals surface area contributed by atoms with Gasteiger partial charge in [0.25, 0.3) is 0 Å². The predicted octanol–water partition coefficient (Wildman–Crippen LogP) is 5.41. The smallest absolute Gasteiger partial charge is 0.162 e. The summed E-state index contributed by atoms with van der Waals surface area (Å²) in [5.41, 5.74) is 1.91. The van der Waals surface area contributed by atoms with Crippen molar-refractivity contribution in [3.05, 3.63) is 53.6 Å². The van der Waals surface area contributed by atoms with Crippen molar-refractivity contribution in [1.29, 1.82) is 0 Å². The van der Waals surface area contributed by atoms with E-state index in [1.807, 2.05) is 42.5 Å². The third kappa shape index (κ3) is 3.80. The molecule has 118 valence electrons. The highest BCUT2D eigenvalue weighted by Gasteiger charge is 2.09. The van der Waals surface area contributed by atoms with Crippen molar-refractivity contribution in [3.8, 4) is 11.4 Å². The summed E-state index contributed by atoms with van der Waals surface area (Å²) in [6.45, 7) is 5.34. The Morgan fingerprint density at radius 1 is 1.00 bits per heavy atom. The first-order valence-corrected chi connectivity index (χ1v) is 8.28. The van der Waals surface area contributed by atoms with E-state index < -0.39 is 0 Å². The molecule has 0 spiro atoms. The van der Waals surface area contributed by atoms with E-state index >= 15 is 0 Å². The second-order valence-electron chi connectivity index (χ2n) is 6.03. The molecule has 0 unspecified atom stereocenters. The minimum Gasteiger partial charge on any atom is -0.369 e. The molecule has 0 fully saturated rings. The highest BCUT2D eigenvalue weighted by Crippen LogP contribution is 2.25. The van der Waals surface area contributed by atoms with Crippen LogP contribution in [0.5, 0.6) is 0 Å². The lowest BCUT2D eigenvalue weighted by Gasteiger charge is -2.12. The fourth-order valence-electron chi connectivity index (χ4n) is 2.42. The van der Waals surface area contributed by atoms with E-state index in [9.17, 15) is 0 Å². The normalized spacial score (nSPS) is 11.1. The predicted molar refractivity (Wildman–Crippen MR) is 97.9 cm³/mol. The molecular formula is C19H20ClN3. The summed E-state index contributed by atoms with van der Waals surface area (Å²) in [7, 11) is 0. The van der Waals surface area contributed by atoms with Gasteiger partial charge in [0.1, 0.15) is 5.82 Å². The minimum atomic E-state index is 0.659. The van der Waals surface area contributed by atoms with Gasteiger partial charge in [0, 0.05) is 22.5 Å². The Labute approximate surface area is 141 Å². The molecule has 0 aliphatic rings. The first-order valence-electron chi connectivity index (χ1n) is 7.90. The average Bonchev–Trinajstić information content (AvgIpc) is 2.55. The number of hydrogen-bond donors (Lipinski definition) is 1. The largest absolute Gasteiger partial charge is 0.369 e. The van der Waals surface area contributed by atoms with Crippen LogP contribution < -0.4 is 5.32 Å². The molecule has 3 aromatic rings. The van der Waals surface area contributed by atoms with Gasteiger partial charge in [-0.25, -0.2) is 9.97 Å². The van der Waals surface area contributed by atoms with Gasteiger partial charge in [-0.05, 0) is 48.7 Å². The van der Waals surface area contributed by atoms with Crippen LogP contribution in [0.25, 0.3) is 22.3 Å². The summed E-state index contributed by atoms with van der Waals surface area (Å²) in [6, 6.07) is 15.7. The van der Waals surface area contributed by atoms with Gasteiger partial charge in [0.2, 0.25) is 0 Å². The van der Waals surface area contributed by atoms with E-state index in [1.165, 1.54) is 0 Å². The maximum Gasteiger partial charge on any atom is 0.162 e. The standard InChI is InChI=1S/C19H20ClN3/c1-13(2)11-12-21-19-16-5-3-4-6-17(16)22-18(23-19)14-7-9-15(20)10-8-14/h3-10,13H,11-12H2,1-2H3,(H,21,22,23).